The number of fused-ring (bicyclic) bond motifs is 1. The molecule has 1 aromatic carbocycles. The predicted octanol–water partition coefficient (Wildman–Crippen LogP) is -6.17. The molecule has 1 heterocycles. The maximum absolute atomic E-state index is 11.2. The van der Waals surface area contributed by atoms with Crippen LogP contribution < -0.4 is 55.7 Å². The van der Waals surface area contributed by atoms with Crippen molar-refractivity contribution in [2.45, 2.75) is 6.42 Å². The molecule has 1 aliphatic heterocycles. The third kappa shape index (κ3) is 2.86. The maximum atomic E-state index is 11.2. The van der Waals surface area contributed by atoms with Gasteiger partial charge in [-0.15, -0.1) is 0 Å². The molecule has 8 heteroatoms. The molecule has 0 aromatic heterocycles. The molecule has 0 bridgehead atoms. The average molecular weight is 250 g/mol. The number of hydrogen-bond donors (Lipinski definition) is 1. The molecule has 17 heavy (non-hydrogen) atoms. The minimum atomic E-state index is -1.25. The van der Waals surface area contributed by atoms with Gasteiger partial charge in [0.05, 0.1) is 12.5 Å². The van der Waals surface area contributed by atoms with E-state index in [1.165, 1.54) is 4.90 Å². The molecule has 0 saturated carbocycles. The molecule has 1 aromatic rings. The van der Waals surface area contributed by atoms with E-state index < -0.39 is 16.8 Å². The fourth-order valence-electron chi connectivity index (χ4n) is 1.75. The summed E-state index contributed by atoms with van der Waals surface area (Å²) in [4.78, 5) is 34.2. The zero-order chi connectivity index (χ0) is 11.0. The van der Waals surface area contributed by atoms with Gasteiger partial charge in [0, 0.05) is 13.1 Å². The van der Waals surface area contributed by atoms with Gasteiger partial charge in [0.1, 0.15) is 11.4 Å². The molecule has 0 atom stereocenters. The monoisotopic (exact) mass is 250 g/mol. The quantitative estimate of drug-likeness (QED) is 0.412. The molecular weight excluding hydrogens is 239 g/mol. The van der Waals surface area contributed by atoms with E-state index in [1.54, 1.807) is 0 Å². The smallest absolute Gasteiger partial charge is 0.548 e. The van der Waals surface area contributed by atoms with Crippen LogP contribution in [0.2, 0.25) is 0 Å². The number of nitrogens with one attached hydrogen (secondary N) is 1. The first-order chi connectivity index (χ1) is 7.11. The van der Waals surface area contributed by atoms with Crippen molar-refractivity contribution in [3.63, 3.8) is 0 Å². The minimum Gasteiger partial charge on any atom is -0.548 e. The first kappa shape index (κ1) is 16.1. The summed E-state index contributed by atoms with van der Waals surface area (Å²) in [6.07, 6.45) is 0.681. The van der Waals surface area contributed by atoms with Crippen LogP contribution in [0.25, 0.3) is 0 Å². The Labute approximate surface area is 119 Å². The van der Waals surface area contributed by atoms with Gasteiger partial charge in [-0.25, -0.2) is 0 Å². The average Bonchev–Trinajstić information content (AvgIpc) is 2.36. The summed E-state index contributed by atoms with van der Waals surface area (Å²) in [5.41, 5.74) is -0.726. The third-order valence-corrected chi connectivity index (χ3v) is 2.43. The number of aliphatic carboxylic acids is 1. The molecule has 3 N–H and O–H groups in total. The second kappa shape index (κ2) is 6.15. The van der Waals surface area contributed by atoms with E-state index in [0.29, 0.717) is 19.5 Å². The number of anilines is 2. The van der Waals surface area contributed by atoms with Gasteiger partial charge in [-0.05, 0) is 6.42 Å². The van der Waals surface area contributed by atoms with Crippen molar-refractivity contribution in [2.24, 2.45) is 0 Å². The Balaban J connectivity index is 0.00000128. The normalized spacial score (nSPS) is 13.8. The van der Waals surface area contributed by atoms with E-state index in [9.17, 15) is 19.5 Å². The van der Waals surface area contributed by atoms with Crippen LogP contribution >= 0.6 is 0 Å². The molecule has 1 aliphatic rings. The fraction of sp³-hybridized carbons (Fsp3) is 0.444. The number of carbonyl (C=O) groups is 1. The van der Waals surface area contributed by atoms with Gasteiger partial charge in [-0.2, -0.15) is 0 Å². The standard InChI is InChI=1S/C9H10N2O4.Na.H2O/c12-5(13)4-11-3-1-2-10-6-7(11)9(15)8(6)14;;/h10H,1-4H2,(H,12,13);;1H2/q;+1;/p-1. The minimum absolute atomic E-state index is 0. The van der Waals surface area contributed by atoms with Crippen molar-refractivity contribution in [2.75, 3.05) is 29.9 Å². The van der Waals surface area contributed by atoms with Gasteiger partial charge < -0.3 is 25.6 Å². The number of hydrogen-bond acceptors (Lipinski definition) is 6. The topological polar surface area (TPSA) is 121 Å². The summed E-state index contributed by atoms with van der Waals surface area (Å²) >= 11 is 0. The van der Waals surface area contributed by atoms with Crippen LogP contribution in [0.15, 0.2) is 9.59 Å². The molecule has 7 nitrogen and oxygen atoms in total. The van der Waals surface area contributed by atoms with Crippen molar-refractivity contribution in [1.29, 1.82) is 0 Å². The van der Waals surface area contributed by atoms with Crippen LogP contribution in [0.4, 0.5) is 11.4 Å². The molecular formula is C9H11N2NaO5. The summed E-state index contributed by atoms with van der Waals surface area (Å²) in [6, 6.07) is 0. The molecule has 0 radical (unpaired) electrons. The molecule has 0 aliphatic carbocycles. The van der Waals surface area contributed by atoms with E-state index >= 15 is 0 Å². The summed E-state index contributed by atoms with van der Waals surface area (Å²) in [5, 5.41) is 13.3. The van der Waals surface area contributed by atoms with Crippen molar-refractivity contribution in [3.05, 3.63) is 20.4 Å². The molecule has 0 amide bonds. The Morgan fingerprint density at radius 3 is 2.59 bits per heavy atom. The Hall–Kier alpha value is -0.890. The number of rotatable bonds is 2. The first-order valence-electron chi connectivity index (χ1n) is 4.63. The van der Waals surface area contributed by atoms with Gasteiger partial charge in [0.2, 0.25) is 0 Å². The van der Waals surface area contributed by atoms with E-state index in [0.717, 1.165) is 0 Å². The maximum Gasteiger partial charge on any atom is 1.00 e. The van der Waals surface area contributed by atoms with Crippen molar-refractivity contribution in [3.8, 4) is 0 Å². The second-order valence-electron chi connectivity index (χ2n) is 3.46. The zero-order valence-corrected chi connectivity index (χ0v) is 11.4. The zero-order valence-electron chi connectivity index (χ0n) is 9.41. The van der Waals surface area contributed by atoms with Crippen LogP contribution in [0.3, 0.4) is 0 Å². The summed E-state index contributed by atoms with van der Waals surface area (Å²) in [7, 11) is 0. The number of nitrogens with zero attached hydrogens (tertiary/aromatic N) is 1. The predicted molar refractivity (Wildman–Crippen MR) is 55.3 cm³/mol. The number of carboxylic acid groups (broad SMARTS) is 1. The van der Waals surface area contributed by atoms with Crippen molar-refractivity contribution >= 4 is 17.3 Å². The molecule has 2 rings (SSSR count). The second-order valence-corrected chi connectivity index (χ2v) is 3.46. The largest absolute Gasteiger partial charge is 1.00 e. The van der Waals surface area contributed by atoms with Crippen LogP contribution in [0.1, 0.15) is 6.42 Å². The van der Waals surface area contributed by atoms with Crippen LogP contribution in [0, 0.1) is 0 Å². The summed E-state index contributed by atoms with van der Waals surface area (Å²) < 4.78 is 0. The molecule has 0 fully saturated rings. The molecule has 0 unspecified atom stereocenters. The Morgan fingerprint density at radius 1 is 1.35 bits per heavy atom. The van der Waals surface area contributed by atoms with Crippen molar-refractivity contribution < 1.29 is 44.9 Å². The number of carbonyl (C=O) groups excluding carboxylic acids is 1. The van der Waals surface area contributed by atoms with Crippen LogP contribution in [0.5, 0.6) is 0 Å². The van der Waals surface area contributed by atoms with E-state index in [-0.39, 0.29) is 53.0 Å². The Morgan fingerprint density at radius 2 is 2.00 bits per heavy atom. The first-order valence-corrected chi connectivity index (χ1v) is 4.63. The van der Waals surface area contributed by atoms with Gasteiger partial charge in [-0.1, -0.05) is 0 Å². The summed E-state index contributed by atoms with van der Waals surface area (Å²) in [6.45, 7) is 0.666. The third-order valence-electron chi connectivity index (χ3n) is 2.43. The van der Waals surface area contributed by atoms with E-state index in [1.807, 2.05) is 0 Å². The van der Waals surface area contributed by atoms with Crippen LogP contribution in [-0.2, 0) is 4.79 Å². The van der Waals surface area contributed by atoms with Gasteiger partial charge in [0.25, 0.3) is 10.9 Å². The fourth-order valence-corrected chi connectivity index (χ4v) is 1.75. The van der Waals surface area contributed by atoms with Gasteiger partial charge >= 0.3 is 29.6 Å². The molecule has 0 saturated heterocycles. The molecule has 88 valence electrons. The van der Waals surface area contributed by atoms with Crippen molar-refractivity contribution in [1.82, 2.24) is 0 Å². The van der Waals surface area contributed by atoms with Gasteiger partial charge in [0.15, 0.2) is 0 Å². The van der Waals surface area contributed by atoms with E-state index in [2.05, 4.69) is 5.32 Å². The Bertz CT molecular complexity index is 480. The SMILES string of the molecule is O.O=C([O-])CN1CCCNc2c1c(=O)c2=O.[Na+]. The van der Waals surface area contributed by atoms with Gasteiger partial charge in [-0.3, -0.25) is 9.59 Å². The van der Waals surface area contributed by atoms with E-state index in [4.69, 9.17) is 0 Å². The number of carboxylic acids is 1. The molecule has 0 spiro atoms. The summed E-state index contributed by atoms with van der Waals surface area (Å²) in [5.74, 6) is -1.25. The Kier molecular flexibility index (Phi) is 5.83. The van der Waals surface area contributed by atoms with Crippen LogP contribution in [-0.4, -0.2) is 31.1 Å².